The zero-order chi connectivity index (χ0) is 16.3. The number of hydrogen-bond acceptors (Lipinski definition) is 0. The molecule has 0 nitrogen and oxygen atoms in total. The SMILES string of the molecule is CC1CCC(C(C)C2CCCCC2)(C(C)C2CCCCC2)CC1. The van der Waals surface area contributed by atoms with Crippen LogP contribution in [0, 0.1) is 35.0 Å². The van der Waals surface area contributed by atoms with Crippen LogP contribution in [0.4, 0.5) is 0 Å². The van der Waals surface area contributed by atoms with Gasteiger partial charge in [-0.2, -0.15) is 0 Å². The molecule has 0 heterocycles. The Bertz CT molecular complexity index is 311. The largest absolute Gasteiger partial charge is 0.0625 e. The van der Waals surface area contributed by atoms with E-state index >= 15 is 0 Å². The van der Waals surface area contributed by atoms with Crippen molar-refractivity contribution in [3.8, 4) is 0 Å². The lowest BCUT2D eigenvalue weighted by molar-refractivity contribution is -0.0405. The Labute approximate surface area is 146 Å². The van der Waals surface area contributed by atoms with Crippen molar-refractivity contribution in [2.75, 3.05) is 0 Å². The quantitative estimate of drug-likeness (QED) is 0.500. The molecule has 0 saturated heterocycles. The highest BCUT2D eigenvalue weighted by Gasteiger charge is 2.47. The molecule has 0 spiro atoms. The van der Waals surface area contributed by atoms with Crippen LogP contribution in [0.1, 0.15) is 111 Å². The van der Waals surface area contributed by atoms with Gasteiger partial charge >= 0.3 is 0 Å². The van der Waals surface area contributed by atoms with E-state index in [1.165, 1.54) is 77.0 Å². The molecule has 0 bridgehead atoms. The molecule has 3 rings (SSSR count). The van der Waals surface area contributed by atoms with E-state index in [4.69, 9.17) is 0 Å². The number of hydrogen-bond donors (Lipinski definition) is 0. The summed E-state index contributed by atoms with van der Waals surface area (Å²) in [7, 11) is 0. The van der Waals surface area contributed by atoms with Crippen LogP contribution < -0.4 is 0 Å². The fraction of sp³-hybridized carbons (Fsp3) is 1.00. The molecular formula is C23H42. The Morgan fingerprint density at radius 2 is 1.00 bits per heavy atom. The van der Waals surface area contributed by atoms with Gasteiger partial charge in [-0.3, -0.25) is 0 Å². The Morgan fingerprint density at radius 3 is 1.39 bits per heavy atom. The maximum atomic E-state index is 2.69. The molecule has 2 atom stereocenters. The average Bonchev–Trinajstić information content (AvgIpc) is 2.63. The van der Waals surface area contributed by atoms with Gasteiger partial charge in [-0.05, 0) is 47.8 Å². The van der Waals surface area contributed by atoms with E-state index in [9.17, 15) is 0 Å². The molecule has 3 fully saturated rings. The average molecular weight is 319 g/mol. The van der Waals surface area contributed by atoms with Gasteiger partial charge in [0, 0.05) is 0 Å². The molecule has 0 aliphatic heterocycles. The van der Waals surface area contributed by atoms with Crippen LogP contribution in [0.25, 0.3) is 0 Å². The Morgan fingerprint density at radius 1 is 0.609 bits per heavy atom. The van der Waals surface area contributed by atoms with Crippen molar-refractivity contribution < 1.29 is 0 Å². The number of rotatable bonds is 4. The normalized spacial score (nSPS) is 37.4. The van der Waals surface area contributed by atoms with Gasteiger partial charge in [0.15, 0.2) is 0 Å². The first-order valence-electron chi connectivity index (χ1n) is 11.1. The van der Waals surface area contributed by atoms with E-state index in [0.717, 1.165) is 29.6 Å². The summed E-state index contributed by atoms with van der Waals surface area (Å²) in [5.74, 6) is 5.03. The zero-order valence-corrected chi connectivity index (χ0v) is 16.3. The molecule has 3 aliphatic carbocycles. The maximum absolute atomic E-state index is 2.69. The molecule has 0 N–H and O–H groups in total. The fourth-order valence-corrected chi connectivity index (χ4v) is 6.83. The summed E-state index contributed by atoms with van der Waals surface area (Å²) in [6.07, 6.45) is 21.3. The lowest BCUT2D eigenvalue weighted by atomic mass is 9.51. The van der Waals surface area contributed by atoms with Gasteiger partial charge in [0.05, 0.1) is 0 Å². The lowest BCUT2D eigenvalue weighted by Gasteiger charge is -2.54. The highest BCUT2D eigenvalue weighted by Crippen LogP contribution is 2.57. The summed E-state index contributed by atoms with van der Waals surface area (Å²) in [4.78, 5) is 0. The van der Waals surface area contributed by atoms with Gasteiger partial charge < -0.3 is 0 Å². The van der Waals surface area contributed by atoms with Crippen molar-refractivity contribution in [1.29, 1.82) is 0 Å². The van der Waals surface area contributed by atoms with Crippen molar-refractivity contribution in [3.63, 3.8) is 0 Å². The van der Waals surface area contributed by atoms with Gasteiger partial charge in [-0.1, -0.05) is 97.8 Å². The molecule has 0 heteroatoms. The standard InChI is InChI=1S/C23H42/c1-18-14-16-23(17-15-18,19(2)21-10-6-4-7-11-21)20(3)22-12-8-5-9-13-22/h18-22H,4-17H2,1-3H3. The summed E-state index contributed by atoms with van der Waals surface area (Å²) in [5.41, 5.74) is 0.691. The molecular weight excluding hydrogens is 276 g/mol. The van der Waals surface area contributed by atoms with Crippen molar-refractivity contribution in [2.45, 2.75) is 111 Å². The molecule has 3 saturated carbocycles. The van der Waals surface area contributed by atoms with Crippen LogP contribution >= 0.6 is 0 Å². The van der Waals surface area contributed by atoms with E-state index in [1.54, 1.807) is 12.8 Å². The summed E-state index contributed by atoms with van der Waals surface area (Å²) in [5, 5.41) is 0. The first-order chi connectivity index (χ1) is 11.1. The highest BCUT2D eigenvalue weighted by molar-refractivity contribution is 4.97. The van der Waals surface area contributed by atoms with E-state index in [0.29, 0.717) is 5.41 Å². The minimum absolute atomic E-state index is 0.691. The maximum Gasteiger partial charge on any atom is -0.0241 e. The molecule has 3 aliphatic rings. The van der Waals surface area contributed by atoms with Crippen molar-refractivity contribution in [3.05, 3.63) is 0 Å². The second kappa shape index (κ2) is 7.92. The van der Waals surface area contributed by atoms with Crippen LogP contribution in [0.3, 0.4) is 0 Å². The lowest BCUT2D eigenvalue weighted by Crippen LogP contribution is -2.45. The second-order valence-electron chi connectivity index (χ2n) is 9.79. The summed E-state index contributed by atoms with van der Waals surface area (Å²) >= 11 is 0. The first kappa shape index (κ1) is 17.8. The molecule has 0 radical (unpaired) electrons. The molecule has 0 aromatic rings. The van der Waals surface area contributed by atoms with E-state index in [1.807, 2.05) is 0 Å². The van der Waals surface area contributed by atoms with Gasteiger partial charge in [0.2, 0.25) is 0 Å². The van der Waals surface area contributed by atoms with Gasteiger partial charge in [0.1, 0.15) is 0 Å². The molecule has 134 valence electrons. The predicted octanol–water partition coefficient (Wildman–Crippen LogP) is 7.62. The molecule has 2 unspecified atom stereocenters. The topological polar surface area (TPSA) is 0 Å². The van der Waals surface area contributed by atoms with Crippen LogP contribution in [0.5, 0.6) is 0 Å². The third-order valence-corrected chi connectivity index (χ3v) is 8.73. The first-order valence-corrected chi connectivity index (χ1v) is 11.1. The summed E-state index contributed by atoms with van der Waals surface area (Å²) in [6, 6.07) is 0. The van der Waals surface area contributed by atoms with Crippen LogP contribution in [0.15, 0.2) is 0 Å². The predicted molar refractivity (Wildman–Crippen MR) is 102 cm³/mol. The van der Waals surface area contributed by atoms with Crippen molar-refractivity contribution in [1.82, 2.24) is 0 Å². The van der Waals surface area contributed by atoms with Crippen molar-refractivity contribution >= 4 is 0 Å². The summed E-state index contributed by atoms with van der Waals surface area (Å²) in [6.45, 7) is 7.87. The smallest absolute Gasteiger partial charge is 0.0241 e. The monoisotopic (exact) mass is 318 g/mol. The molecule has 0 amide bonds. The van der Waals surface area contributed by atoms with Gasteiger partial charge in [-0.25, -0.2) is 0 Å². The van der Waals surface area contributed by atoms with Crippen molar-refractivity contribution in [2.24, 2.45) is 35.0 Å². The fourth-order valence-electron chi connectivity index (χ4n) is 6.83. The highest BCUT2D eigenvalue weighted by atomic mass is 14.5. The molecule has 0 aromatic heterocycles. The zero-order valence-electron chi connectivity index (χ0n) is 16.3. The third-order valence-electron chi connectivity index (χ3n) is 8.73. The minimum Gasteiger partial charge on any atom is -0.0625 e. The van der Waals surface area contributed by atoms with E-state index < -0.39 is 0 Å². The Hall–Kier alpha value is 0. The van der Waals surface area contributed by atoms with Crippen LogP contribution in [-0.4, -0.2) is 0 Å². The second-order valence-corrected chi connectivity index (χ2v) is 9.79. The third kappa shape index (κ3) is 3.82. The van der Waals surface area contributed by atoms with Crippen LogP contribution in [-0.2, 0) is 0 Å². The Balaban J connectivity index is 1.77. The molecule has 23 heavy (non-hydrogen) atoms. The van der Waals surface area contributed by atoms with Gasteiger partial charge in [0.25, 0.3) is 0 Å². The van der Waals surface area contributed by atoms with E-state index in [-0.39, 0.29) is 0 Å². The summed E-state index contributed by atoms with van der Waals surface area (Å²) < 4.78 is 0. The molecule has 0 aromatic carbocycles. The van der Waals surface area contributed by atoms with Gasteiger partial charge in [-0.15, -0.1) is 0 Å². The van der Waals surface area contributed by atoms with E-state index in [2.05, 4.69) is 20.8 Å². The van der Waals surface area contributed by atoms with Crippen LogP contribution in [0.2, 0.25) is 0 Å². The Kier molecular flexibility index (Phi) is 6.13. The minimum atomic E-state index is 0.691.